The maximum absolute atomic E-state index is 13.0. The Labute approximate surface area is 183 Å². The predicted octanol–water partition coefficient (Wildman–Crippen LogP) is 2.88. The Morgan fingerprint density at radius 3 is 2.77 bits per heavy atom. The third kappa shape index (κ3) is 5.84. The van der Waals surface area contributed by atoms with Crippen LogP contribution in [0.2, 0.25) is 5.02 Å². The first-order valence-electron chi connectivity index (χ1n) is 9.77. The molecule has 168 valence electrons. The Morgan fingerprint density at radius 1 is 1.35 bits per heavy atom. The topological polar surface area (TPSA) is 92.3 Å². The van der Waals surface area contributed by atoms with Gasteiger partial charge in [0, 0.05) is 43.1 Å². The summed E-state index contributed by atoms with van der Waals surface area (Å²) in [7, 11) is 1.75. The Kier molecular flexibility index (Phi) is 6.99. The van der Waals surface area contributed by atoms with Crippen LogP contribution < -0.4 is 21.3 Å². The molecule has 2 heterocycles. The Bertz CT molecular complexity index is 915. The van der Waals surface area contributed by atoms with Gasteiger partial charge in [0.2, 0.25) is 5.91 Å². The summed E-state index contributed by atoms with van der Waals surface area (Å²) in [6.45, 7) is 0.888. The van der Waals surface area contributed by atoms with Gasteiger partial charge in [-0.2, -0.15) is 13.2 Å². The van der Waals surface area contributed by atoms with E-state index in [1.807, 2.05) is 0 Å². The molecule has 0 spiro atoms. The van der Waals surface area contributed by atoms with Gasteiger partial charge in [0.1, 0.15) is 11.7 Å². The first-order chi connectivity index (χ1) is 14.7. The summed E-state index contributed by atoms with van der Waals surface area (Å²) in [4.78, 5) is 14.3. The zero-order valence-electron chi connectivity index (χ0n) is 16.9. The van der Waals surface area contributed by atoms with Crippen LogP contribution in [0.3, 0.4) is 0 Å². The van der Waals surface area contributed by atoms with Crippen molar-refractivity contribution in [3.63, 3.8) is 0 Å². The van der Waals surface area contributed by atoms with E-state index in [9.17, 15) is 18.0 Å². The van der Waals surface area contributed by atoms with E-state index in [2.05, 4.69) is 21.3 Å². The summed E-state index contributed by atoms with van der Waals surface area (Å²) in [6.07, 6.45) is 0.590. The number of carbonyl (C=O) groups excluding carboxylic acids is 1. The van der Waals surface area contributed by atoms with Crippen LogP contribution in [-0.2, 0) is 11.0 Å². The highest BCUT2D eigenvalue weighted by Crippen LogP contribution is 2.33. The Balaban J connectivity index is 1.60. The summed E-state index contributed by atoms with van der Waals surface area (Å²) in [5, 5.41) is 19.8. The zero-order valence-corrected chi connectivity index (χ0v) is 17.6. The van der Waals surface area contributed by atoms with Crippen LogP contribution in [0.1, 0.15) is 18.4 Å². The van der Waals surface area contributed by atoms with Crippen molar-refractivity contribution in [3.8, 4) is 0 Å². The van der Waals surface area contributed by atoms with Crippen molar-refractivity contribution in [1.29, 1.82) is 5.41 Å². The second kappa shape index (κ2) is 9.51. The quantitative estimate of drug-likeness (QED) is 0.454. The molecule has 1 fully saturated rings. The largest absolute Gasteiger partial charge is 0.416 e. The lowest BCUT2D eigenvalue weighted by Gasteiger charge is -2.34. The molecule has 0 aliphatic carbocycles. The number of halogens is 4. The number of nitrogens with one attached hydrogen (secondary N) is 5. The fourth-order valence-corrected chi connectivity index (χ4v) is 3.77. The summed E-state index contributed by atoms with van der Waals surface area (Å²) in [6, 6.07) is 3.12. The standard InChI is InChI=1S/C20H24ClF3N6O/c1-26-19(16-4-5-27-18(16)25)29-14-3-2-6-30(11-14)17(31)10-28-15-8-12(20(22,23)24)7-13(21)9-15/h4-5,7-9,14,26,28-29H,2-3,6,10-11H2,1H3,(H2,25,27)/b19-16+/t14-/m0/s1. The summed E-state index contributed by atoms with van der Waals surface area (Å²) >= 11 is 5.79. The molecule has 0 aromatic heterocycles. The van der Waals surface area contributed by atoms with E-state index in [0.717, 1.165) is 25.0 Å². The number of alkyl halides is 3. The van der Waals surface area contributed by atoms with Crippen molar-refractivity contribution in [1.82, 2.24) is 20.9 Å². The van der Waals surface area contributed by atoms with Gasteiger partial charge in [-0.15, -0.1) is 0 Å². The summed E-state index contributed by atoms with van der Waals surface area (Å²) in [5.74, 6) is 0.765. The van der Waals surface area contributed by atoms with Gasteiger partial charge < -0.3 is 26.2 Å². The number of rotatable bonds is 6. The first kappa shape index (κ1) is 22.8. The van der Waals surface area contributed by atoms with E-state index in [1.165, 1.54) is 6.07 Å². The molecule has 1 aromatic carbocycles. The van der Waals surface area contributed by atoms with Crippen LogP contribution in [0.25, 0.3) is 0 Å². The van der Waals surface area contributed by atoms with E-state index in [1.54, 1.807) is 24.2 Å². The third-order valence-corrected chi connectivity index (χ3v) is 5.28. The second-order valence-electron chi connectivity index (χ2n) is 7.29. The number of likely N-dealkylation sites (tertiary alicyclic amines) is 1. The minimum atomic E-state index is -4.52. The molecule has 3 rings (SSSR count). The van der Waals surface area contributed by atoms with Crippen LogP contribution >= 0.6 is 11.6 Å². The Hall–Kier alpha value is -2.88. The van der Waals surface area contributed by atoms with Crippen molar-refractivity contribution in [2.75, 3.05) is 32.0 Å². The number of hydrogen-bond donors (Lipinski definition) is 5. The lowest BCUT2D eigenvalue weighted by molar-refractivity contribution is -0.137. The summed E-state index contributed by atoms with van der Waals surface area (Å²) in [5.41, 5.74) is -0.0269. The predicted molar refractivity (Wildman–Crippen MR) is 114 cm³/mol. The van der Waals surface area contributed by atoms with E-state index in [0.29, 0.717) is 24.5 Å². The number of nitrogens with zero attached hydrogens (tertiary/aromatic N) is 1. The minimum Gasteiger partial charge on any atom is -0.376 e. The van der Waals surface area contributed by atoms with Gasteiger partial charge in [0.15, 0.2) is 0 Å². The molecule has 31 heavy (non-hydrogen) atoms. The van der Waals surface area contributed by atoms with E-state index < -0.39 is 11.7 Å². The molecule has 0 unspecified atom stereocenters. The number of piperidine rings is 1. The fourth-order valence-electron chi connectivity index (χ4n) is 3.53. The van der Waals surface area contributed by atoms with Crippen molar-refractivity contribution in [2.45, 2.75) is 25.1 Å². The number of anilines is 1. The van der Waals surface area contributed by atoms with Crippen LogP contribution in [0, 0.1) is 5.41 Å². The Morgan fingerprint density at radius 2 is 2.13 bits per heavy atom. The molecular weight excluding hydrogens is 433 g/mol. The normalized spacial score (nSPS) is 20.4. The molecule has 2 aliphatic heterocycles. The lowest BCUT2D eigenvalue weighted by atomic mass is 10.1. The number of benzene rings is 1. The molecule has 7 nitrogen and oxygen atoms in total. The molecule has 5 N–H and O–H groups in total. The van der Waals surface area contributed by atoms with E-state index in [4.69, 9.17) is 17.0 Å². The monoisotopic (exact) mass is 456 g/mol. The van der Waals surface area contributed by atoms with Crippen molar-refractivity contribution in [3.05, 3.63) is 52.5 Å². The smallest absolute Gasteiger partial charge is 0.376 e. The molecule has 0 saturated carbocycles. The molecule has 0 radical (unpaired) electrons. The maximum Gasteiger partial charge on any atom is 0.416 e. The molecule has 0 bridgehead atoms. The van der Waals surface area contributed by atoms with Crippen LogP contribution in [0.15, 0.2) is 41.9 Å². The first-order valence-corrected chi connectivity index (χ1v) is 10.1. The lowest BCUT2D eigenvalue weighted by Crippen LogP contribution is -2.50. The van der Waals surface area contributed by atoms with Gasteiger partial charge >= 0.3 is 6.18 Å². The van der Waals surface area contributed by atoms with Crippen LogP contribution in [0.5, 0.6) is 0 Å². The number of carbonyl (C=O) groups is 1. The molecule has 1 saturated heterocycles. The highest BCUT2D eigenvalue weighted by molar-refractivity contribution is 6.31. The highest BCUT2D eigenvalue weighted by atomic mass is 35.5. The van der Waals surface area contributed by atoms with Gasteiger partial charge in [0.25, 0.3) is 0 Å². The average molecular weight is 457 g/mol. The van der Waals surface area contributed by atoms with E-state index in [-0.39, 0.29) is 35.0 Å². The fraction of sp³-hybridized carbons (Fsp3) is 0.400. The van der Waals surface area contributed by atoms with Crippen LogP contribution in [-0.4, -0.2) is 49.4 Å². The van der Waals surface area contributed by atoms with Gasteiger partial charge in [-0.25, -0.2) is 0 Å². The molecular formula is C20H24ClF3N6O. The van der Waals surface area contributed by atoms with Crippen molar-refractivity contribution >= 4 is 29.0 Å². The zero-order chi connectivity index (χ0) is 22.6. The SMILES string of the molecule is CN/C(N[C@H]1CCCN(C(=O)CNc2cc(Cl)cc(C(F)(F)F)c2)C1)=C1/C=CNC1=N. The molecule has 1 amide bonds. The van der Waals surface area contributed by atoms with E-state index >= 15 is 0 Å². The highest BCUT2D eigenvalue weighted by Gasteiger charge is 2.31. The van der Waals surface area contributed by atoms with Gasteiger partial charge in [-0.05, 0) is 37.1 Å². The van der Waals surface area contributed by atoms with Gasteiger partial charge in [-0.1, -0.05) is 11.6 Å². The van der Waals surface area contributed by atoms with Crippen molar-refractivity contribution in [2.24, 2.45) is 0 Å². The van der Waals surface area contributed by atoms with Crippen molar-refractivity contribution < 1.29 is 18.0 Å². The number of amides is 1. The molecule has 11 heteroatoms. The second-order valence-corrected chi connectivity index (χ2v) is 7.73. The minimum absolute atomic E-state index is 0.0162. The van der Waals surface area contributed by atoms with Gasteiger partial charge in [0.05, 0.1) is 17.7 Å². The maximum atomic E-state index is 13.0. The third-order valence-electron chi connectivity index (χ3n) is 5.06. The number of amidine groups is 1. The average Bonchev–Trinajstić information content (AvgIpc) is 3.15. The van der Waals surface area contributed by atoms with Gasteiger partial charge in [-0.3, -0.25) is 10.2 Å². The molecule has 2 aliphatic rings. The molecule has 1 aromatic rings. The van der Waals surface area contributed by atoms with Crippen LogP contribution in [0.4, 0.5) is 18.9 Å². The summed E-state index contributed by atoms with van der Waals surface area (Å²) < 4.78 is 38.9. The number of hydrogen-bond acceptors (Lipinski definition) is 5. The molecule has 1 atom stereocenters.